The lowest BCUT2D eigenvalue weighted by Gasteiger charge is -2.10. The number of anilines is 2. The molecule has 0 spiro atoms. The Morgan fingerprint density at radius 2 is 1.04 bits per heavy atom. The van der Waals surface area contributed by atoms with Crippen molar-refractivity contribution in [3.63, 3.8) is 0 Å². The Hall–Kier alpha value is -3.94. The number of hydrogen-bond acceptors (Lipinski definition) is 4. The van der Waals surface area contributed by atoms with Crippen molar-refractivity contribution in [3.8, 4) is 0 Å². The number of carbonyl (C=O) groups is 2. The summed E-state index contributed by atoms with van der Waals surface area (Å²) in [6, 6.07) is 15.9. The number of rotatable bonds is 4. The highest BCUT2D eigenvalue weighted by atomic mass is 16.5. The third-order valence-electron chi connectivity index (χ3n) is 3.57. The van der Waals surface area contributed by atoms with Crippen LogP contribution in [0.5, 0.6) is 0 Å². The van der Waals surface area contributed by atoms with Crippen LogP contribution in [0.4, 0.5) is 11.4 Å². The van der Waals surface area contributed by atoms with Gasteiger partial charge in [0.1, 0.15) is 0 Å². The minimum Gasteiger partial charge on any atom is -0.315 e. The molecule has 0 aliphatic carbocycles. The van der Waals surface area contributed by atoms with Crippen LogP contribution in [0.3, 0.4) is 0 Å². The molecule has 8 nitrogen and oxygen atoms in total. The van der Waals surface area contributed by atoms with Crippen LogP contribution < -0.4 is 20.1 Å². The predicted molar refractivity (Wildman–Crippen MR) is 90.0 cm³/mol. The van der Waals surface area contributed by atoms with Crippen LogP contribution in [0.2, 0.25) is 0 Å². The molecule has 130 valence electrons. The Kier molecular flexibility index (Phi) is 4.75. The number of amides is 2. The van der Waals surface area contributed by atoms with Crippen molar-refractivity contribution in [1.82, 2.24) is 0 Å². The second-order valence-electron chi connectivity index (χ2n) is 5.31. The first-order valence-corrected chi connectivity index (χ1v) is 7.68. The number of nitrogens with zero attached hydrogens (tertiary/aromatic N) is 2. The second kappa shape index (κ2) is 7.31. The summed E-state index contributed by atoms with van der Waals surface area (Å²) in [6.07, 6.45) is 2.66. The first-order chi connectivity index (χ1) is 12.6. The van der Waals surface area contributed by atoms with Crippen LogP contribution in [0.1, 0.15) is 21.0 Å². The van der Waals surface area contributed by atoms with E-state index in [1.54, 1.807) is 48.5 Å². The molecule has 0 atom stereocenters. The minimum atomic E-state index is -0.549. The molecule has 8 heteroatoms. The first kappa shape index (κ1) is 16.9. The summed E-state index contributed by atoms with van der Waals surface area (Å²) in [5, 5.41) is 24.7. The van der Waals surface area contributed by atoms with E-state index in [9.17, 15) is 20.0 Å². The lowest BCUT2D eigenvalue weighted by Crippen LogP contribution is -2.39. The molecular formula is C18H16N4O4+2. The summed E-state index contributed by atoms with van der Waals surface area (Å²) in [5.41, 5.74) is 0.750. The summed E-state index contributed by atoms with van der Waals surface area (Å²) < 4.78 is 1.41. The minimum absolute atomic E-state index is 0.0323. The largest absolute Gasteiger partial charge is 0.325 e. The summed E-state index contributed by atoms with van der Waals surface area (Å²) in [5.74, 6) is -1.10. The van der Waals surface area contributed by atoms with E-state index in [4.69, 9.17) is 0 Å². The average Bonchev–Trinajstić information content (AvgIpc) is 2.64. The van der Waals surface area contributed by atoms with Crippen molar-refractivity contribution >= 4 is 23.2 Å². The maximum Gasteiger partial charge on any atom is 0.325 e. The molecule has 26 heavy (non-hydrogen) atoms. The molecule has 4 N–H and O–H groups in total. The van der Waals surface area contributed by atoms with Crippen molar-refractivity contribution < 1.29 is 29.5 Å². The normalized spacial score (nSPS) is 10.2. The molecule has 0 unspecified atom stereocenters. The summed E-state index contributed by atoms with van der Waals surface area (Å²) in [7, 11) is 0. The molecule has 0 aliphatic heterocycles. The number of nitrogens with one attached hydrogen (secondary N) is 2. The van der Waals surface area contributed by atoms with Gasteiger partial charge in [-0.25, -0.2) is 0 Å². The maximum absolute atomic E-state index is 12.3. The van der Waals surface area contributed by atoms with Gasteiger partial charge in [0, 0.05) is 33.7 Å². The third-order valence-corrected chi connectivity index (χ3v) is 3.57. The fraction of sp³-hybridized carbons (Fsp3) is 0. The van der Waals surface area contributed by atoms with Crippen molar-refractivity contribution in [2.24, 2.45) is 0 Å². The first-order valence-electron chi connectivity index (χ1n) is 7.68. The van der Waals surface area contributed by atoms with Gasteiger partial charge in [0.05, 0.1) is 11.4 Å². The Labute approximate surface area is 148 Å². The van der Waals surface area contributed by atoms with E-state index in [2.05, 4.69) is 10.6 Å². The van der Waals surface area contributed by atoms with E-state index in [0.29, 0.717) is 20.8 Å². The van der Waals surface area contributed by atoms with E-state index in [1.165, 1.54) is 24.5 Å². The third kappa shape index (κ3) is 3.59. The van der Waals surface area contributed by atoms with Gasteiger partial charge in [-0.2, -0.15) is 0 Å². The molecule has 0 bridgehead atoms. The maximum atomic E-state index is 12.3. The van der Waals surface area contributed by atoms with Gasteiger partial charge in [-0.05, 0) is 24.3 Å². The molecule has 0 saturated carbocycles. The predicted octanol–water partition coefficient (Wildman–Crippen LogP) is 1.24. The standard InChI is InChI=1S/C18H14N4O4/c23-17(15-9-3-5-11-21(15)25)19-13-7-1-2-8-14(13)20-18(24)16-10-4-6-12-22(16)26/h1-12,25H,(H-,23,24,26)/p+2. The van der Waals surface area contributed by atoms with E-state index < -0.39 is 11.8 Å². The molecule has 2 heterocycles. The highest BCUT2D eigenvalue weighted by molar-refractivity contribution is 6.07. The number of hydrogen-bond donors (Lipinski definition) is 4. The van der Waals surface area contributed by atoms with Gasteiger partial charge in [0.2, 0.25) is 12.4 Å². The summed E-state index contributed by atoms with van der Waals surface area (Å²) in [4.78, 5) is 24.7. The van der Waals surface area contributed by atoms with E-state index in [1.807, 2.05) is 0 Å². The zero-order chi connectivity index (χ0) is 18.5. The van der Waals surface area contributed by atoms with E-state index in [-0.39, 0.29) is 11.4 Å². The van der Waals surface area contributed by atoms with E-state index >= 15 is 0 Å². The fourth-order valence-corrected chi connectivity index (χ4v) is 2.30. The number of pyridine rings is 2. The molecule has 0 radical (unpaired) electrons. The zero-order valence-electron chi connectivity index (χ0n) is 13.5. The zero-order valence-corrected chi connectivity index (χ0v) is 13.5. The topological polar surface area (TPSA) is 106 Å². The van der Waals surface area contributed by atoms with E-state index in [0.717, 1.165) is 0 Å². The Bertz CT molecular complexity index is 896. The summed E-state index contributed by atoms with van der Waals surface area (Å²) in [6.45, 7) is 0. The van der Waals surface area contributed by atoms with Gasteiger partial charge in [-0.1, -0.05) is 12.1 Å². The van der Waals surface area contributed by atoms with Crippen LogP contribution >= 0.6 is 0 Å². The molecule has 0 fully saturated rings. The molecule has 2 amide bonds. The lowest BCUT2D eigenvalue weighted by molar-refractivity contribution is -0.905. The highest BCUT2D eigenvalue weighted by Gasteiger charge is 2.22. The molecule has 1 aromatic carbocycles. The summed E-state index contributed by atoms with van der Waals surface area (Å²) >= 11 is 0. The molecular weight excluding hydrogens is 336 g/mol. The van der Waals surface area contributed by atoms with Crippen LogP contribution in [0.25, 0.3) is 0 Å². The average molecular weight is 352 g/mol. The van der Waals surface area contributed by atoms with Gasteiger partial charge < -0.3 is 10.6 Å². The van der Waals surface area contributed by atoms with Crippen LogP contribution in [-0.2, 0) is 0 Å². The van der Waals surface area contributed by atoms with Crippen LogP contribution in [0, 0.1) is 0 Å². The molecule has 0 aliphatic rings. The smallest absolute Gasteiger partial charge is 0.315 e. The monoisotopic (exact) mass is 352 g/mol. The van der Waals surface area contributed by atoms with Crippen molar-refractivity contribution in [1.29, 1.82) is 0 Å². The van der Waals surface area contributed by atoms with Crippen LogP contribution in [-0.4, -0.2) is 22.2 Å². The fourth-order valence-electron chi connectivity index (χ4n) is 2.30. The number of para-hydroxylation sites is 2. The van der Waals surface area contributed by atoms with Gasteiger partial charge in [-0.3, -0.25) is 20.0 Å². The number of carbonyl (C=O) groups excluding carboxylic acids is 2. The van der Waals surface area contributed by atoms with Gasteiger partial charge in [0.15, 0.2) is 0 Å². The van der Waals surface area contributed by atoms with Gasteiger partial charge in [0.25, 0.3) is 0 Å². The Morgan fingerprint density at radius 1 is 0.654 bits per heavy atom. The van der Waals surface area contributed by atoms with Gasteiger partial charge >= 0.3 is 23.2 Å². The molecule has 0 saturated heterocycles. The SMILES string of the molecule is O=C(Nc1ccccc1NC(=O)c1cccc[n+]1O)c1cccc[n+]1O. The molecule has 3 rings (SSSR count). The van der Waals surface area contributed by atoms with Crippen molar-refractivity contribution in [2.75, 3.05) is 10.6 Å². The highest BCUT2D eigenvalue weighted by Crippen LogP contribution is 2.22. The van der Waals surface area contributed by atoms with Crippen molar-refractivity contribution in [3.05, 3.63) is 84.4 Å². The number of benzene rings is 1. The molecule has 2 aromatic heterocycles. The van der Waals surface area contributed by atoms with Crippen molar-refractivity contribution in [2.45, 2.75) is 0 Å². The Balaban J connectivity index is 1.83. The second-order valence-corrected chi connectivity index (χ2v) is 5.31. The quantitative estimate of drug-likeness (QED) is 0.419. The number of aromatic nitrogens is 2. The lowest BCUT2D eigenvalue weighted by atomic mass is 10.2. The van der Waals surface area contributed by atoms with Crippen LogP contribution in [0.15, 0.2) is 73.1 Å². The Morgan fingerprint density at radius 3 is 1.42 bits per heavy atom. The van der Waals surface area contributed by atoms with Gasteiger partial charge in [-0.15, -0.1) is 0 Å². The molecule has 3 aromatic rings.